The van der Waals surface area contributed by atoms with Crippen LogP contribution < -0.4 is 10.9 Å². The number of aliphatic imine (C=N–C) groups is 1. The molecule has 8 nitrogen and oxygen atoms in total. The van der Waals surface area contributed by atoms with Gasteiger partial charge in [-0.3, -0.25) is 19.9 Å². The second kappa shape index (κ2) is 13.1. The number of hydrogen-bond donors (Lipinski definition) is 2. The normalized spacial score (nSPS) is 19.2. The van der Waals surface area contributed by atoms with Gasteiger partial charge in [0.25, 0.3) is 5.56 Å². The molecule has 1 aliphatic carbocycles. The molecule has 2 heterocycles. The lowest BCUT2D eigenvalue weighted by Gasteiger charge is -2.22. The second-order valence-electron chi connectivity index (χ2n) is 10.6. The highest BCUT2D eigenvalue weighted by molar-refractivity contribution is 6.04. The SMILES string of the molecule is COCCC1CCc2ccc(CNC(C(=O)OC3CCCC3)[C@@H](C)C=O)cc2N=C1c1c[nH]c(=O)c(C)c1. The van der Waals surface area contributed by atoms with Crippen molar-refractivity contribution in [2.75, 3.05) is 13.7 Å². The number of aromatic nitrogens is 1. The van der Waals surface area contributed by atoms with Crippen LogP contribution in [0.15, 0.2) is 40.2 Å². The molecule has 0 saturated heterocycles. The third-order valence-electron chi connectivity index (χ3n) is 7.70. The van der Waals surface area contributed by atoms with E-state index in [1.165, 1.54) is 0 Å². The predicted molar refractivity (Wildman–Crippen MR) is 147 cm³/mol. The number of pyridine rings is 1. The number of aryl methyl sites for hydroxylation is 2. The number of nitrogens with zero attached hydrogens (tertiary/aromatic N) is 1. The Hall–Kier alpha value is -3.10. The van der Waals surface area contributed by atoms with Crippen LogP contribution in [0.5, 0.6) is 0 Å². The first-order chi connectivity index (χ1) is 18.4. The number of nitrogens with one attached hydrogen (secondary N) is 2. The first-order valence-corrected chi connectivity index (χ1v) is 13.7. The summed E-state index contributed by atoms with van der Waals surface area (Å²) in [5.41, 5.74) is 5.42. The van der Waals surface area contributed by atoms with Gasteiger partial charge < -0.3 is 19.3 Å². The molecule has 1 fully saturated rings. The molecule has 0 radical (unpaired) electrons. The summed E-state index contributed by atoms with van der Waals surface area (Å²) in [4.78, 5) is 44.4. The predicted octanol–water partition coefficient (Wildman–Crippen LogP) is 4.18. The van der Waals surface area contributed by atoms with E-state index in [4.69, 9.17) is 14.5 Å². The number of aldehydes is 1. The Labute approximate surface area is 224 Å². The zero-order valence-electron chi connectivity index (χ0n) is 22.6. The summed E-state index contributed by atoms with van der Waals surface area (Å²) in [5, 5.41) is 3.27. The van der Waals surface area contributed by atoms with Crippen LogP contribution in [0.25, 0.3) is 0 Å². The molecule has 2 N–H and O–H groups in total. The zero-order valence-corrected chi connectivity index (χ0v) is 22.6. The van der Waals surface area contributed by atoms with Crippen molar-refractivity contribution < 1.29 is 19.1 Å². The fourth-order valence-electron chi connectivity index (χ4n) is 5.34. The van der Waals surface area contributed by atoms with Gasteiger partial charge in [-0.15, -0.1) is 0 Å². The van der Waals surface area contributed by atoms with Crippen LogP contribution >= 0.6 is 0 Å². The standard InChI is InChI=1S/C30H39N3O5/c1-19-14-24(17-32-29(19)35)28-23(12-13-37-3)11-10-22-9-8-21(15-26(22)33-28)16-31-27(20(2)18-34)30(36)38-25-6-4-5-7-25/h8-9,14-15,17-18,20,23,25,27,31H,4-7,10-13,16H2,1-3H3,(H,32,35)/t20-,23?,27?/m0/s1. The first kappa shape index (κ1) is 27.9. The first-order valence-electron chi connectivity index (χ1n) is 13.7. The number of carbonyl (C=O) groups is 2. The van der Waals surface area contributed by atoms with Gasteiger partial charge in [-0.05, 0) is 75.1 Å². The number of aromatic amines is 1. The smallest absolute Gasteiger partial charge is 0.324 e. The summed E-state index contributed by atoms with van der Waals surface area (Å²) in [6.45, 7) is 4.58. The van der Waals surface area contributed by atoms with Crippen LogP contribution in [0, 0.1) is 18.8 Å². The van der Waals surface area contributed by atoms with Crippen LogP contribution in [-0.2, 0) is 32.0 Å². The number of rotatable bonds is 11. The Morgan fingerprint density at radius 1 is 1.24 bits per heavy atom. The van der Waals surface area contributed by atoms with Crippen molar-refractivity contribution in [3.63, 3.8) is 0 Å². The highest BCUT2D eigenvalue weighted by Crippen LogP contribution is 2.32. The Morgan fingerprint density at radius 3 is 2.74 bits per heavy atom. The van der Waals surface area contributed by atoms with E-state index in [1.54, 1.807) is 27.2 Å². The van der Waals surface area contributed by atoms with E-state index in [-0.39, 0.29) is 23.6 Å². The Bertz CT molecular complexity index is 1210. The fraction of sp³-hybridized carbons (Fsp3) is 0.533. The average molecular weight is 522 g/mol. The third-order valence-corrected chi connectivity index (χ3v) is 7.70. The van der Waals surface area contributed by atoms with Gasteiger partial charge in [-0.2, -0.15) is 0 Å². The number of benzene rings is 1. The molecule has 0 amide bonds. The molecule has 1 aliphatic heterocycles. The van der Waals surface area contributed by atoms with Gasteiger partial charge >= 0.3 is 5.97 Å². The molecule has 1 saturated carbocycles. The van der Waals surface area contributed by atoms with Crippen molar-refractivity contribution in [3.8, 4) is 0 Å². The summed E-state index contributed by atoms with van der Waals surface area (Å²) in [6.07, 6.45) is 9.06. The molecule has 38 heavy (non-hydrogen) atoms. The van der Waals surface area contributed by atoms with Crippen molar-refractivity contribution in [1.82, 2.24) is 10.3 Å². The second-order valence-corrected chi connectivity index (χ2v) is 10.6. The van der Waals surface area contributed by atoms with Gasteiger partial charge in [0.1, 0.15) is 18.4 Å². The van der Waals surface area contributed by atoms with Crippen LogP contribution in [-0.4, -0.2) is 48.8 Å². The van der Waals surface area contributed by atoms with E-state index in [0.717, 1.165) is 79.3 Å². The molecule has 3 atom stereocenters. The summed E-state index contributed by atoms with van der Waals surface area (Å²) < 4.78 is 11.1. The highest BCUT2D eigenvalue weighted by atomic mass is 16.5. The van der Waals surface area contributed by atoms with Gasteiger partial charge in [0, 0.05) is 49.4 Å². The lowest BCUT2D eigenvalue weighted by molar-refractivity contribution is -0.153. The van der Waals surface area contributed by atoms with Crippen molar-refractivity contribution in [1.29, 1.82) is 0 Å². The molecule has 0 bridgehead atoms. The maximum absolute atomic E-state index is 12.9. The van der Waals surface area contributed by atoms with Gasteiger partial charge in [0.2, 0.25) is 0 Å². The molecule has 8 heteroatoms. The van der Waals surface area contributed by atoms with Crippen LogP contribution in [0.1, 0.15) is 67.7 Å². The van der Waals surface area contributed by atoms with E-state index >= 15 is 0 Å². The third kappa shape index (κ3) is 6.85. The highest BCUT2D eigenvalue weighted by Gasteiger charge is 2.29. The minimum absolute atomic E-state index is 0.0477. The number of hydrogen-bond acceptors (Lipinski definition) is 7. The fourth-order valence-corrected chi connectivity index (χ4v) is 5.34. The maximum Gasteiger partial charge on any atom is 0.324 e. The lowest BCUT2D eigenvalue weighted by atomic mass is 9.89. The van der Waals surface area contributed by atoms with E-state index < -0.39 is 12.0 Å². The number of carbonyl (C=O) groups excluding carboxylic acids is 2. The summed E-state index contributed by atoms with van der Waals surface area (Å²) in [6, 6.07) is 7.39. The summed E-state index contributed by atoms with van der Waals surface area (Å²) in [5.74, 6) is -0.669. The van der Waals surface area contributed by atoms with Gasteiger partial charge in [0.05, 0.1) is 11.4 Å². The topological polar surface area (TPSA) is 110 Å². The van der Waals surface area contributed by atoms with Crippen molar-refractivity contribution in [2.24, 2.45) is 16.8 Å². The quantitative estimate of drug-likeness (QED) is 0.339. The maximum atomic E-state index is 12.9. The van der Waals surface area contributed by atoms with Crippen LogP contribution in [0.2, 0.25) is 0 Å². The number of methoxy groups -OCH3 is 1. The molecule has 1 aromatic heterocycles. The zero-order chi connectivity index (χ0) is 27.1. The average Bonchev–Trinajstić information content (AvgIpc) is 3.35. The molecular weight excluding hydrogens is 482 g/mol. The van der Waals surface area contributed by atoms with Crippen molar-refractivity contribution in [2.45, 2.75) is 77.5 Å². The van der Waals surface area contributed by atoms with Crippen molar-refractivity contribution >= 4 is 23.7 Å². The molecule has 4 rings (SSSR count). The Kier molecular flexibility index (Phi) is 9.63. The number of esters is 1. The Balaban J connectivity index is 1.57. The molecule has 204 valence electrons. The van der Waals surface area contributed by atoms with Gasteiger partial charge in [-0.25, -0.2) is 0 Å². The van der Waals surface area contributed by atoms with E-state index in [2.05, 4.69) is 16.4 Å². The minimum atomic E-state index is -0.700. The monoisotopic (exact) mass is 521 g/mol. The van der Waals surface area contributed by atoms with E-state index in [0.29, 0.717) is 18.7 Å². The van der Waals surface area contributed by atoms with E-state index in [9.17, 15) is 14.4 Å². The largest absolute Gasteiger partial charge is 0.461 e. The van der Waals surface area contributed by atoms with E-state index in [1.807, 2.05) is 18.2 Å². The lowest BCUT2D eigenvalue weighted by Crippen LogP contribution is -2.44. The number of H-pyrrole nitrogens is 1. The molecule has 0 spiro atoms. The molecule has 2 unspecified atom stereocenters. The summed E-state index contributed by atoms with van der Waals surface area (Å²) >= 11 is 0. The molecule has 1 aromatic carbocycles. The molecule has 2 aliphatic rings. The van der Waals surface area contributed by atoms with Crippen LogP contribution in [0.3, 0.4) is 0 Å². The van der Waals surface area contributed by atoms with Crippen LogP contribution in [0.4, 0.5) is 5.69 Å². The number of ether oxygens (including phenoxy) is 2. The number of fused-ring (bicyclic) bond motifs is 1. The minimum Gasteiger partial charge on any atom is -0.461 e. The van der Waals surface area contributed by atoms with Crippen molar-refractivity contribution in [3.05, 3.63) is 63.1 Å². The van der Waals surface area contributed by atoms with Gasteiger partial charge in [0.15, 0.2) is 0 Å². The Morgan fingerprint density at radius 2 is 2.03 bits per heavy atom. The summed E-state index contributed by atoms with van der Waals surface area (Å²) in [7, 11) is 1.70. The molecular formula is C30H39N3O5. The molecule has 2 aromatic rings. The van der Waals surface area contributed by atoms with Gasteiger partial charge in [-0.1, -0.05) is 19.1 Å².